The Labute approximate surface area is 160 Å². The lowest BCUT2D eigenvalue weighted by atomic mass is 10.2. The molecule has 1 aromatic carbocycles. The molecule has 0 aliphatic carbocycles. The number of H-pyrrole nitrogens is 1. The van der Waals surface area contributed by atoms with Gasteiger partial charge in [0.05, 0.1) is 29.6 Å². The molecule has 0 saturated heterocycles. The zero-order chi connectivity index (χ0) is 19.7. The maximum Gasteiger partial charge on any atom is 0.266 e. The predicted octanol–water partition coefficient (Wildman–Crippen LogP) is 1.35. The molecule has 0 aliphatic rings. The van der Waals surface area contributed by atoms with Crippen LogP contribution in [0.15, 0.2) is 47.5 Å². The van der Waals surface area contributed by atoms with Crippen molar-refractivity contribution < 1.29 is 4.79 Å². The third-order valence-electron chi connectivity index (χ3n) is 4.37. The molecule has 0 atom stereocenters. The molecule has 0 unspecified atom stereocenters. The van der Waals surface area contributed by atoms with E-state index in [4.69, 9.17) is 0 Å². The predicted molar refractivity (Wildman–Crippen MR) is 104 cm³/mol. The number of hydrogen-bond donors (Lipinski definition) is 2. The molecule has 0 spiro atoms. The van der Waals surface area contributed by atoms with Crippen LogP contribution in [-0.4, -0.2) is 42.0 Å². The molecule has 9 nitrogen and oxygen atoms in total. The molecule has 3 aromatic heterocycles. The van der Waals surface area contributed by atoms with Gasteiger partial charge in [-0.1, -0.05) is 0 Å². The Hall–Kier alpha value is -3.75. The van der Waals surface area contributed by atoms with Gasteiger partial charge in [0.1, 0.15) is 0 Å². The van der Waals surface area contributed by atoms with Crippen molar-refractivity contribution in [3.8, 4) is 5.82 Å². The van der Waals surface area contributed by atoms with Crippen molar-refractivity contribution in [1.82, 2.24) is 34.8 Å². The van der Waals surface area contributed by atoms with Gasteiger partial charge in [0.25, 0.3) is 11.5 Å². The fourth-order valence-electron chi connectivity index (χ4n) is 3.03. The Morgan fingerprint density at radius 3 is 2.79 bits per heavy atom. The molecule has 9 heteroatoms. The number of imidazole rings is 1. The van der Waals surface area contributed by atoms with Gasteiger partial charge in [0.15, 0.2) is 5.82 Å². The Bertz CT molecular complexity index is 1220. The summed E-state index contributed by atoms with van der Waals surface area (Å²) in [7, 11) is 0. The first kappa shape index (κ1) is 17.7. The monoisotopic (exact) mass is 377 g/mol. The number of aryl methyl sites for hydroxylation is 2. The summed E-state index contributed by atoms with van der Waals surface area (Å²) in [6.07, 6.45) is 1.58. The molecule has 28 heavy (non-hydrogen) atoms. The zero-order valence-corrected chi connectivity index (χ0v) is 15.5. The van der Waals surface area contributed by atoms with Crippen LogP contribution in [-0.2, 0) is 6.54 Å². The second kappa shape index (κ2) is 7.10. The number of carbonyl (C=O) groups excluding carboxylic acids is 1. The van der Waals surface area contributed by atoms with Crippen molar-refractivity contribution in [3.63, 3.8) is 0 Å². The van der Waals surface area contributed by atoms with E-state index in [1.165, 1.54) is 10.7 Å². The second-order valence-electron chi connectivity index (χ2n) is 6.48. The summed E-state index contributed by atoms with van der Waals surface area (Å²) in [6.45, 7) is 4.35. The molecular weight excluding hydrogens is 358 g/mol. The Balaban J connectivity index is 1.45. The van der Waals surface area contributed by atoms with Gasteiger partial charge in [-0.05, 0) is 44.2 Å². The number of nitrogens with zero attached hydrogens (tertiary/aromatic N) is 5. The van der Waals surface area contributed by atoms with Crippen LogP contribution in [0.4, 0.5) is 0 Å². The van der Waals surface area contributed by atoms with Crippen LogP contribution in [0.2, 0.25) is 0 Å². The summed E-state index contributed by atoms with van der Waals surface area (Å²) in [5.41, 5.74) is 3.68. The third-order valence-corrected chi connectivity index (χ3v) is 4.37. The Morgan fingerprint density at radius 2 is 2.00 bits per heavy atom. The first-order valence-electron chi connectivity index (χ1n) is 8.84. The lowest BCUT2D eigenvalue weighted by molar-refractivity contribution is 0.0952. The molecule has 2 N–H and O–H groups in total. The zero-order valence-electron chi connectivity index (χ0n) is 15.5. The summed E-state index contributed by atoms with van der Waals surface area (Å²) < 4.78 is 3.01. The van der Waals surface area contributed by atoms with Gasteiger partial charge in [-0.15, -0.1) is 5.10 Å². The summed E-state index contributed by atoms with van der Waals surface area (Å²) >= 11 is 0. The van der Waals surface area contributed by atoms with E-state index in [9.17, 15) is 9.59 Å². The smallest absolute Gasteiger partial charge is 0.266 e. The molecule has 1 amide bonds. The van der Waals surface area contributed by atoms with Gasteiger partial charge in [0, 0.05) is 23.9 Å². The van der Waals surface area contributed by atoms with Crippen molar-refractivity contribution in [3.05, 3.63) is 70.0 Å². The largest absolute Gasteiger partial charge is 0.350 e. The van der Waals surface area contributed by atoms with Gasteiger partial charge < -0.3 is 10.3 Å². The molecule has 0 radical (unpaired) electrons. The number of aromatic nitrogens is 6. The number of rotatable bonds is 5. The first-order chi connectivity index (χ1) is 13.5. The second-order valence-corrected chi connectivity index (χ2v) is 6.48. The fourth-order valence-corrected chi connectivity index (χ4v) is 3.03. The molecule has 0 bridgehead atoms. The van der Waals surface area contributed by atoms with Gasteiger partial charge in [-0.3, -0.25) is 9.59 Å². The van der Waals surface area contributed by atoms with Crippen LogP contribution in [0.5, 0.6) is 0 Å². The van der Waals surface area contributed by atoms with E-state index >= 15 is 0 Å². The van der Waals surface area contributed by atoms with Gasteiger partial charge in [0.2, 0.25) is 0 Å². The van der Waals surface area contributed by atoms with E-state index in [-0.39, 0.29) is 24.6 Å². The minimum atomic E-state index is -0.238. The minimum absolute atomic E-state index is 0.223. The average Bonchev–Trinajstić information content (AvgIpc) is 3.28. The standard InChI is InChI=1S/C19H19N7O2/c1-12-9-13(2)26(23-12)17-5-6-18(27)25(24-17)8-7-20-19(28)14-3-4-15-16(10-14)22-11-21-15/h3-6,9-11H,7-8H2,1-2H3,(H,20,28)(H,21,22). The summed E-state index contributed by atoms with van der Waals surface area (Å²) in [4.78, 5) is 31.6. The lowest BCUT2D eigenvalue weighted by Crippen LogP contribution is -2.32. The normalized spacial score (nSPS) is 11.1. The van der Waals surface area contributed by atoms with Crippen molar-refractivity contribution in [2.45, 2.75) is 20.4 Å². The van der Waals surface area contributed by atoms with Crippen LogP contribution >= 0.6 is 0 Å². The maximum atomic E-state index is 12.4. The van der Waals surface area contributed by atoms with E-state index in [0.29, 0.717) is 11.4 Å². The fraction of sp³-hybridized carbons (Fsp3) is 0.211. The van der Waals surface area contributed by atoms with Crippen molar-refractivity contribution in [2.24, 2.45) is 0 Å². The van der Waals surface area contributed by atoms with Crippen molar-refractivity contribution in [2.75, 3.05) is 6.54 Å². The highest BCUT2D eigenvalue weighted by atomic mass is 16.2. The number of amides is 1. The minimum Gasteiger partial charge on any atom is -0.350 e. The van der Waals surface area contributed by atoms with Crippen LogP contribution in [0.1, 0.15) is 21.7 Å². The SMILES string of the molecule is Cc1cc(C)n(-c2ccc(=O)n(CCNC(=O)c3ccc4nc[nH]c4c3)n2)n1. The summed E-state index contributed by atoms with van der Waals surface area (Å²) in [6, 6.07) is 10.3. The van der Waals surface area contributed by atoms with E-state index in [1.54, 1.807) is 35.3 Å². The van der Waals surface area contributed by atoms with E-state index in [2.05, 4.69) is 25.5 Å². The number of carbonyl (C=O) groups is 1. The summed E-state index contributed by atoms with van der Waals surface area (Å²) in [5.74, 6) is 0.334. The maximum absolute atomic E-state index is 12.4. The molecule has 3 heterocycles. The number of hydrogen-bond acceptors (Lipinski definition) is 5. The summed E-state index contributed by atoms with van der Waals surface area (Å²) in [5, 5.41) is 11.6. The van der Waals surface area contributed by atoms with E-state index < -0.39 is 0 Å². The van der Waals surface area contributed by atoms with Crippen LogP contribution in [0, 0.1) is 13.8 Å². The average molecular weight is 377 g/mol. The van der Waals surface area contributed by atoms with Gasteiger partial charge in [-0.2, -0.15) is 5.10 Å². The third kappa shape index (κ3) is 3.41. The molecular formula is C19H19N7O2. The van der Waals surface area contributed by atoms with Crippen LogP contribution in [0.3, 0.4) is 0 Å². The Kier molecular flexibility index (Phi) is 4.48. The number of fused-ring (bicyclic) bond motifs is 1. The number of nitrogens with one attached hydrogen (secondary N) is 2. The lowest BCUT2D eigenvalue weighted by Gasteiger charge is -2.09. The van der Waals surface area contributed by atoms with Crippen LogP contribution in [0.25, 0.3) is 16.9 Å². The topological polar surface area (TPSA) is 110 Å². The highest BCUT2D eigenvalue weighted by Crippen LogP contribution is 2.11. The molecule has 4 aromatic rings. The highest BCUT2D eigenvalue weighted by Gasteiger charge is 2.09. The quantitative estimate of drug-likeness (QED) is 0.545. The molecule has 4 rings (SSSR count). The highest BCUT2D eigenvalue weighted by molar-refractivity contribution is 5.97. The molecule has 0 fully saturated rings. The van der Waals surface area contributed by atoms with Crippen LogP contribution < -0.4 is 10.9 Å². The van der Waals surface area contributed by atoms with E-state index in [1.807, 2.05) is 19.9 Å². The molecule has 0 saturated carbocycles. The molecule has 142 valence electrons. The van der Waals surface area contributed by atoms with Crippen molar-refractivity contribution in [1.29, 1.82) is 0 Å². The van der Waals surface area contributed by atoms with Gasteiger partial charge >= 0.3 is 0 Å². The van der Waals surface area contributed by atoms with E-state index in [0.717, 1.165) is 22.4 Å². The first-order valence-corrected chi connectivity index (χ1v) is 8.84. The number of benzene rings is 1. The number of aromatic amines is 1. The van der Waals surface area contributed by atoms with Crippen molar-refractivity contribution >= 4 is 16.9 Å². The molecule has 0 aliphatic heterocycles. The van der Waals surface area contributed by atoms with Gasteiger partial charge in [-0.25, -0.2) is 14.3 Å². The Morgan fingerprint density at radius 1 is 1.14 bits per heavy atom.